The Morgan fingerprint density at radius 3 is 2.26 bits per heavy atom. The van der Waals surface area contributed by atoms with E-state index in [-0.39, 0.29) is 24.2 Å². The quantitative estimate of drug-likeness (QED) is 0.710. The molecule has 4 nitrogen and oxygen atoms in total. The molecule has 0 aliphatic carbocycles. The van der Waals surface area contributed by atoms with Crippen molar-refractivity contribution in [1.29, 1.82) is 0 Å². The highest BCUT2D eigenvalue weighted by Gasteiger charge is 2.25. The van der Waals surface area contributed by atoms with Crippen molar-refractivity contribution >= 4 is 34.8 Å². The zero-order chi connectivity index (χ0) is 17.9. The van der Waals surface area contributed by atoms with Gasteiger partial charge in [-0.2, -0.15) is 0 Å². The summed E-state index contributed by atoms with van der Waals surface area (Å²) >= 11 is 1.59. The molecule has 6 heteroatoms. The second-order valence-corrected chi connectivity index (χ2v) is 7.70. The number of likely N-dealkylation sites (N-methyl/N-ethyl adjacent to an activating group) is 1. The van der Waals surface area contributed by atoms with E-state index in [0.29, 0.717) is 5.13 Å². The summed E-state index contributed by atoms with van der Waals surface area (Å²) in [5.74, 6) is -0.386. The molecule has 3 aromatic rings. The monoisotopic (exact) mass is 399 g/mol. The van der Waals surface area contributed by atoms with Crippen molar-refractivity contribution in [3.05, 3.63) is 82.4 Å². The van der Waals surface area contributed by atoms with Crippen LogP contribution in [0.5, 0.6) is 0 Å². The van der Waals surface area contributed by atoms with Crippen LogP contribution in [0.3, 0.4) is 0 Å². The van der Waals surface area contributed by atoms with Crippen molar-refractivity contribution in [2.45, 2.75) is 18.9 Å². The molecule has 1 N–H and O–H groups in total. The summed E-state index contributed by atoms with van der Waals surface area (Å²) in [6.07, 6.45) is 0.943. The number of nitrogens with one attached hydrogen (secondary N) is 1. The number of thiazole rings is 1. The van der Waals surface area contributed by atoms with Gasteiger partial charge in [-0.05, 0) is 18.2 Å². The van der Waals surface area contributed by atoms with Crippen LogP contribution < -0.4 is 5.32 Å². The van der Waals surface area contributed by atoms with Gasteiger partial charge in [0.05, 0.1) is 11.6 Å². The summed E-state index contributed by atoms with van der Waals surface area (Å²) in [6, 6.07) is 19.8. The summed E-state index contributed by atoms with van der Waals surface area (Å²) in [7, 11) is 2.11. The number of rotatable bonds is 4. The molecule has 2 aromatic carbocycles. The Morgan fingerprint density at radius 1 is 1.07 bits per heavy atom. The average molecular weight is 400 g/mol. The van der Waals surface area contributed by atoms with Crippen LogP contribution in [0.25, 0.3) is 0 Å². The van der Waals surface area contributed by atoms with Gasteiger partial charge < -0.3 is 10.2 Å². The fourth-order valence-corrected chi connectivity index (χ4v) is 4.43. The number of benzene rings is 2. The van der Waals surface area contributed by atoms with Crippen molar-refractivity contribution in [2.24, 2.45) is 0 Å². The van der Waals surface area contributed by atoms with Gasteiger partial charge in [0.2, 0.25) is 5.91 Å². The van der Waals surface area contributed by atoms with E-state index in [4.69, 9.17) is 0 Å². The van der Waals surface area contributed by atoms with Crippen LogP contribution in [-0.2, 0) is 17.8 Å². The van der Waals surface area contributed by atoms with E-state index >= 15 is 0 Å². The smallest absolute Gasteiger partial charge is 0.238 e. The lowest BCUT2D eigenvalue weighted by Crippen LogP contribution is -2.25. The van der Waals surface area contributed by atoms with Crippen LogP contribution in [0.2, 0.25) is 0 Å². The second-order valence-electron chi connectivity index (χ2n) is 6.62. The summed E-state index contributed by atoms with van der Waals surface area (Å²) in [4.78, 5) is 21.3. The third kappa shape index (κ3) is 4.38. The third-order valence-corrected chi connectivity index (χ3v) is 5.68. The predicted octanol–water partition coefficient (Wildman–Crippen LogP) is 4.32. The zero-order valence-electron chi connectivity index (χ0n) is 15.1. The number of aromatic nitrogens is 1. The Hall–Kier alpha value is -2.21. The average Bonchev–Trinajstić information content (AvgIpc) is 3.05. The van der Waals surface area contributed by atoms with E-state index in [9.17, 15) is 4.79 Å². The first-order valence-corrected chi connectivity index (χ1v) is 9.60. The lowest BCUT2D eigenvalue weighted by atomic mass is 9.90. The number of anilines is 1. The summed E-state index contributed by atoms with van der Waals surface area (Å²) in [5, 5.41) is 3.76. The fraction of sp³-hybridized carbons (Fsp3) is 0.238. The first-order chi connectivity index (χ1) is 12.7. The Morgan fingerprint density at radius 2 is 1.67 bits per heavy atom. The maximum Gasteiger partial charge on any atom is 0.238 e. The maximum absolute atomic E-state index is 13.1. The number of carbonyl (C=O) groups excluding carboxylic acids is 1. The molecule has 0 bridgehead atoms. The lowest BCUT2D eigenvalue weighted by molar-refractivity contribution is -0.116. The summed E-state index contributed by atoms with van der Waals surface area (Å²) in [5.41, 5.74) is 3.09. The molecule has 0 spiro atoms. The highest BCUT2D eigenvalue weighted by Crippen LogP contribution is 2.30. The minimum Gasteiger partial charge on any atom is -0.301 e. The van der Waals surface area contributed by atoms with Gasteiger partial charge in [-0.25, -0.2) is 4.98 Å². The number of nitrogens with zero attached hydrogens (tertiary/aromatic N) is 2. The summed E-state index contributed by atoms with van der Waals surface area (Å²) in [6.45, 7) is 1.92. The molecular weight excluding hydrogens is 378 g/mol. The number of hydrogen-bond acceptors (Lipinski definition) is 4. The van der Waals surface area contributed by atoms with Crippen LogP contribution in [0.4, 0.5) is 5.13 Å². The SMILES string of the molecule is CN1CCc2nc(NC(=O)C(c3ccccc3)c3ccccc3)sc2C1.Cl. The van der Waals surface area contributed by atoms with Crippen LogP contribution in [0.1, 0.15) is 27.6 Å². The van der Waals surface area contributed by atoms with Crippen molar-refractivity contribution in [3.8, 4) is 0 Å². The van der Waals surface area contributed by atoms with Crippen LogP contribution in [0.15, 0.2) is 60.7 Å². The predicted molar refractivity (Wildman–Crippen MR) is 113 cm³/mol. The van der Waals surface area contributed by atoms with Gasteiger partial charge in [0.1, 0.15) is 0 Å². The summed E-state index contributed by atoms with van der Waals surface area (Å²) < 4.78 is 0. The molecule has 1 aliphatic rings. The lowest BCUT2D eigenvalue weighted by Gasteiger charge is -2.20. The molecule has 1 aromatic heterocycles. The van der Waals surface area contributed by atoms with Gasteiger partial charge in [0.25, 0.3) is 0 Å². The molecule has 0 atom stereocenters. The minimum atomic E-state index is -0.346. The third-order valence-electron chi connectivity index (χ3n) is 4.68. The molecule has 1 aliphatic heterocycles. The molecule has 140 valence electrons. The molecule has 0 saturated heterocycles. The molecule has 0 radical (unpaired) electrons. The largest absolute Gasteiger partial charge is 0.301 e. The second kappa shape index (κ2) is 8.65. The number of amides is 1. The fourth-order valence-electron chi connectivity index (χ4n) is 3.34. The number of carbonyl (C=O) groups is 1. The normalized spacial score (nSPS) is 13.7. The Kier molecular flexibility index (Phi) is 6.26. The standard InChI is InChI=1S/C21H21N3OS.ClH/c1-24-13-12-17-18(14-24)26-21(22-17)23-20(25)19(15-8-4-2-5-9-15)16-10-6-3-7-11-16;/h2-11,19H,12-14H2,1H3,(H,22,23,25);1H. The van der Waals surface area contributed by atoms with E-state index < -0.39 is 0 Å². The van der Waals surface area contributed by atoms with E-state index in [1.54, 1.807) is 11.3 Å². The highest BCUT2D eigenvalue weighted by atomic mass is 35.5. The molecule has 0 saturated carbocycles. The van der Waals surface area contributed by atoms with Crippen LogP contribution in [-0.4, -0.2) is 29.4 Å². The molecule has 0 fully saturated rings. The number of fused-ring (bicyclic) bond motifs is 1. The molecule has 1 amide bonds. The molecule has 27 heavy (non-hydrogen) atoms. The van der Waals surface area contributed by atoms with Gasteiger partial charge >= 0.3 is 0 Å². The van der Waals surface area contributed by atoms with Crippen LogP contribution in [0, 0.1) is 0 Å². The first-order valence-electron chi connectivity index (χ1n) is 8.78. The maximum atomic E-state index is 13.1. The Balaban J connectivity index is 0.00000210. The van der Waals surface area contributed by atoms with Gasteiger partial charge in [-0.3, -0.25) is 4.79 Å². The van der Waals surface area contributed by atoms with Crippen molar-refractivity contribution in [2.75, 3.05) is 18.9 Å². The van der Waals surface area contributed by atoms with Gasteiger partial charge in [-0.15, -0.1) is 23.7 Å². The molecule has 2 heterocycles. The van der Waals surface area contributed by atoms with Gasteiger partial charge in [0, 0.05) is 24.4 Å². The van der Waals surface area contributed by atoms with Crippen molar-refractivity contribution in [1.82, 2.24) is 9.88 Å². The Labute approximate surface area is 169 Å². The van der Waals surface area contributed by atoms with Crippen molar-refractivity contribution in [3.63, 3.8) is 0 Å². The highest BCUT2D eigenvalue weighted by molar-refractivity contribution is 7.15. The minimum absolute atomic E-state index is 0. The topological polar surface area (TPSA) is 45.2 Å². The van der Waals surface area contributed by atoms with E-state index in [1.807, 2.05) is 60.7 Å². The Bertz CT molecular complexity index is 859. The van der Waals surface area contributed by atoms with Gasteiger partial charge in [0.15, 0.2) is 5.13 Å². The zero-order valence-corrected chi connectivity index (χ0v) is 16.7. The van der Waals surface area contributed by atoms with Crippen LogP contribution >= 0.6 is 23.7 Å². The van der Waals surface area contributed by atoms with Crippen molar-refractivity contribution < 1.29 is 4.79 Å². The number of hydrogen-bond donors (Lipinski definition) is 1. The number of halogens is 1. The van der Waals surface area contributed by atoms with E-state index in [1.165, 1.54) is 4.88 Å². The van der Waals surface area contributed by atoms with E-state index in [2.05, 4.69) is 22.2 Å². The molecular formula is C21H22ClN3OS. The van der Waals surface area contributed by atoms with Gasteiger partial charge in [-0.1, -0.05) is 60.7 Å². The first kappa shape index (κ1) is 19.5. The van der Waals surface area contributed by atoms with E-state index in [0.717, 1.165) is 36.3 Å². The molecule has 0 unspecified atom stereocenters. The molecule has 4 rings (SSSR count).